The van der Waals surface area contributed by atoms with Crippen molar-refractivity contribution in [3.05, 3.63) is 47.5 Å². The van der Waals surface area contributed by atoms with E-state index < -0.39 is 0 Å². The summed E-state index contributed by atoms with van der Waals surface area (Å²) < 4.78 is 12.0. The summed E-state index contributed by atoms with van der Waals surface area (Å²) in [4.78, 5) is 16.4. The van der Waals surface area contributed by atoms with Crippen LogP contribution in [0.5, 0.6) is 0 Å². The number of aryl methyl sites for hydroxylation is 1. The van der Waals surface area contributed by atoms with Crippen LogP contribution in [0.15, 0.2) is 30.3 Å². The number of unbranched alkanes of at least 4 members (excludes halogenated alkanes) is 1. The van der Waals surface area contributed by atoms with E-state index in [0.29, 0.717) is 12.3 Å². The van der Waals surface area contributed by atoms with E-state index in [9.17, 15) is 4.79 Å². The normalized spacial score (nSPS) is 10.7. The molecular weight excluding hydrogens is 280 g/mol. The van der Waals surface area contributed by atoms with Crippen LogP contribution in [0.1, 0.15) is 34.8 Å². The van der Waals surface area contributed by atoms with E-state index in [-0.39, 0.29) is 5.97 Å². The van der Waals surface area contributed by atoms with Gasteiger partial charge in [-0.3, -0.25) is 0 Å². The molecule has 0 saturated heterocycles. The molecule has 1 aromatic heterocycles. The van der Waals surface area contributed by atoms with Crippen molar-refractivity contribution in [3.8, 4) is 5.69 Å². The maximum Gasteiger partial charge on any atom is 0.358 e. The third-order valence-electron chi connectivity index (χ3n) is 3.55. The van der Waals surface area contributed by atoms with Crippen LogP contribution in [0.3, 0.4) is 0 Å². The largest absolute Gasteiger partial charge is 0.464 e. The van der Waals surface area contributed by atoms with Crippen molar-refractivity contribution in [2.45, 2.75) is 26.2 Å². The van der Waals surface area contributed by atoms with Gasteiger partial charge in [0.1, 0.15) is 5.82 Å². The average molecular weight is 302 g/mol. The minimum atomic E-state index is -0.389. The highest BCUT2D eigenvalue weighted by atomic mass is 16.5. The van der Waals surface area contributed by atoms with Crippen molar-refractivity contribution in [1.29, 1.82) is 0 Å². The van der Waals surface area contributed by atoms with E-state index in [1.54, 1.807) is 7.11 Å². The lowest BCUT2D eigenvalue weighted by molar-refractivity contribution is 0.0593. The van der Waals surface area contributed by atoms with E-state index >= 15 is 0 Å². The first-order valence-corrected chi connectivity index (χ1v) is 7.40. The number of imidazole rings is 1. The molecule has 0 aliphatic heterocycles. The summed E-state index contributed by atoms with van der Waals surface area (Å²) in [7, 11) is 3.08. The molecule has 118 valence electrons. The Morgan fingerprint density at radius 2 is 1.91 bits per heavy atom. The number of carbonyl (C=O) groups is 1. The van der Waals surface area contributed by atoms with E-state index in [4.69, 9.17) is 9.47 Å². The first kappa shape index (κ1) is 16.2. The van der Waals surface area contributed by atoms with Crippen LogP contribution in [0, 0.1) is 6.92 Å². The van der Waals surface area contributed by atoms with Crippen molar-refractivity contribution >= 4 is 5.97 Å². The summed E-state index contributed by atoms with van der Waals surface area (Å²) in [5.41, 5.74) is 2.30. The third kappa shape index (κ3) is 3.54. The zero-order valence-corrected chi connectivity index (χ0v) is 13.3. The van der Waals surface area contributed by atoms with Crippen LogP contribution in [0.25, 0.3) is 5.69 Å². The highest BCUT2D eigenvalue weighted by Gasteiger charge is 2.21. The molecule has 2 aromatic rings. The fraction of sp³-hybridized carbons (Fsp3) is 0.412. The first-order chi connectivity index (χ1) is 10.7. The Balaban J connectivity index is 2.38. The van der Waals surface area contributed by atoms with Gasteiger partial charge in [-0.15, -0.1) is 0 Å². The lowest BCUT2D eigenvalue weighted by Crippen LogP contribution is -2.09. The second-order valence-corrected chi connectivity index (χ2v) is 5.07. The molecule has 1 heterocycles. The van der Waals surface area contributed by atoms with Crippen LogP contribution >= 0.6 is 0 Å². The van der Waals surface area contributed by atoms with Gasteiger partial charge in [0.15, 0.2) is 5.69 Å². The molecule has 0 aliphatic carbocycles. The summed E-state index contributed by atoms with van der Waals surface area (Å²) in [6.07, 6.45) is 2.62. The lowest BCUT2D eigenvalue weighted by Gasteiger charge is -2.11. The SMILES string of the molecule is COCCCCc1c(C(=O)OC)nc(C)n1-c1ccccc1. The summed E-state index contributed by atoms with van der Waals surface area (Å²) in [6, 6.07) is 9.93. The van der Waals surface area contributed by atoms with Gasteiger partial charge in [0.05, 0.1) is 12.8 Å². The van der Waals surface area contributed by atoms with Gasteiger partial charge in [-0.05, 0) is 38.3 Å². The Morgan fingerprint density at radius 3 is 2.55 bits per heavy atom. The van der Waals surface area contributed by atoms with Gasteiger partial charge in [0.2, 0.25) is 0 Å². The molecule has 0 fully saturated rings. The molecule has 0 unspecified atom stereocenters. The number of nitrogens with zero attached hydrogens (tertiary/aromatic N) is 2. The monoisotopic (exact) mass is 302 g/mol. The van der Waals surface area contributed by atoms with Gasteiger partial charge in [-0.25, -0.2) is 9.78 Å². The van der Waals surface area contributed by atoms with E-state index in [0.717, 1.165) is 36.5 Å². The zero-order valence-electron chi connectivity index (χ0n) is 13.3. The molecular formula is C17H22N2O3. The Morgan fingerprint density at radius 1 is 1.18 bits per heavy atom. The smallest absolute Gasteiger partial charge is 0.358 e. The van der Waals surface area contributed by atoms with Crippen LogP contribution in [-0.2, 0) is 15.9 Å². The number of benzene rings is 1. The van der Waals surface area contributed by atoms with Crippen molar-refractivity contribution in [1.82, 2.24) is 9.55 Å². The van der Waals surface area contributed by atoms with Gasteiger partial charge in [-0.2, -0.15) is 0 Å². The summed E-state index contributed by atoms with van der Waals surface area (Å²) in [6.45, 7) is 2.62. The van der Waals surface area contributed by atoms with E-state index in [1.807, 2.05) is 41.8 Å². The summed E-state index contributed by atoms with van der Waals surface area (Å²) in [5.74, 6) is 0.396. The summed E-state index contributed by atoms with van der Waals surface area (Å²) in [5, 5.41) is 0. The van der Waals surface area contributed by atoms with E-state index in [2.05, 4.69) is 4.98 Å². The van der Waals surface area contributed by atoms with Crippen molar-refractivity contribution in [3.63, 3.8) is 0 Å². The molecule has 0 N–H and O–H groups in total. The van der Waals surface area contributed by atoms with Crippen LogP contribution in [0.4, 0.5) is 0 Å². The molecule has 1 aromatic carbocycles. The number of aromatic nitrogens is 2. The van der Waals surface area contributed by atoms with Gasteiger partial charge in [0, 0.05) is 19.4 Å². The lowest BCUT2D eigenvalue weighted by atomic mass is 10.1. The molecule has 0 saturated carbocycles. The molecule has 0 spiro atoms. The predicted octanol–water partition coefficient (Wildman–Crippen LogP) is 2.94. The minimum absolute atomic E-state index is 0.389. The maximum absolute atomic E-state index is 12.0. The number of esters is 1. The van der Waals surface area contributed by atoms with E-state index in [1.165, 1.54) is 7.11 Å². The van der Waals surface area contributed by atoms with Gasteiger partial charge >= 0.3 is 5.97 Å². The fourth-order valence-corrected chi connectivity index (χ4v) is 2.53. The van der Waals surface area contributed by atoms with Crippen molar-refractivity contribution < 1.29 is 14.3 Å². The quantitative estimate of drug-likeness (QED) is 0.583. The standard InChI is InChI=1S/C17H22N2O3/c1-13-18-16(17(20)22-3)15(11-7-8-12-21-2)19(13)14-9-5-4-6-10-14/h4-6,9-10H,7-8,11-12H2,1-3H3. The Labute approximate surface area is 130 Å². The number of para-hydroxylation sites is 1. The highest BCUT2D eigenvalue weighted by molar-refractivity contribution is 5.88. The molecule has 0 aliphatic rings. The Kier molecular flexibility index (Phi) is 5.72. The molecule has 5 nitrogen and oxygen atoms in total. The predicted molar refractivity (Wildman–Crippen MR) is 84.5 cm³/mol. The molecule has 2 rings (SSSR count). The molecule has 22 heavy (non-hydrogen) atoms. The number of rotatable bonds is 7. The second kappa shape index (κ2) is 7.75. The molecule has 0 amide bonds. The number of carbonyl (C=O) groups excluding carboxylic acids is 1. The number of hydrogen-bond donors (Lipinski definition) is 0. The van der Waals surface area contributed by atoms with Gasteiger partial charge in [0.25, 0.3) is 0 Å². The zero-order chi connectivity index (χ0) is 15.9. The molecule has 0 atom stereocenters. The first-order valence-electron chi connectivity index (χ1n) is 7.40. The van der Waals surface area contributed by atoms with Crippen molar-refractivity contribution in [2.75, 3.05) is 20.8 Å². The second-order valence-electron chi connectivity index (χ2n) is 5.07. The van der Waals surface area contributed by atoms with Crippen LogP contribution < -0.4 is 0 Å². The third-order valence-corrected chi connectivity index (χ3v) is 3.55. The molecule has 0 bridgehead atoms. The Bertz CT molecular complexity index is 620. The van der Waals surface area contributed by atoms with Crippen LogP contribution in [0.2, 0.25) is 0 Å². The molecule has 0 radical (unpaired) electrons. The summed E-state index contributed by atoms with van der Waals surface area (Å²) >= 11 is 0. The average Bonchev–Trinajstić information content (AvgIpc) is 2.88. The number of methoxy groups -OCH3 is 2. The molecule has 5 heteroatoms. The topological polar surface area (TPSA) is 53.4 Å². The highest BCUT2D eigenvalue weighted by Crippen LogP contribution is 2.21. The van der Waals surface area contributed by atoms with Crippen LogP contribution in [-0.4, -0.2) is 36.3 Å². The van der Waals surface area contributed by atoms with Crippen molar-refractivity contribution in [2.24, 2.45) is 0 Å². The van der Waals surface area contributed by atoms with Gasteiger partial charge < -0.3 is 14.0 Å². The maximum atomic E-state index is 12.0. The fourth-order valence-electron chi connectivity index (χ4n) is 2.53. The number of ether oxygens (including phenoxy) is 2. The minimum Gasteiger partial charge on any atom is -0.464 e. The van der Waals surface area contributed by atoms with Gasteiger partial charge in [-0.1, -0.05) is 18.2 Å². The Hall–Kier alpha value is -2.14. The number of hydrogen-bond acceptors (Lipinski definition) is 4.